The van der Waals surface area contributed by atoms with Crippen LogP contribution in [-0.4, -0.2) is 20.5 Å². The van der Waals surface area contributed by atoms with Crippen molar-refractivity contribution in [3.05, 3.63) is 70.0 Å². The summed E-state index contributed by atoms with van der Waals surface area (Å²) in [6, 6.07) is 10.6. The number of alkyl halides is 2. The lowest BCUT2D eigenvalue weighted by Crippen LogP contribution is -2.26. The highest BCUT2D eigenvalue weighted by Crippen LogP contribution is 2.33. The van der Waals surface area contributed by atoms with E-state index in [9.17, 15) is 13.6 Å². The third-order valence-electron chi connectivity index (χ3n) is 4.91. The standard InChI is InChI=1S/C21H17F2N3O/c1-14-12-19-25-18-13-15(5-7-16-4-2-3-10-24-16)6-8-17(18)20(27)26(19)11-9-21(14,22)23/h2-4,6,8,10,13-14H,9,11-12H2,1H3. The van der Waals surface area contributed by atoms with Crippen LogP contribution in [0, 0.1) is 17.8 Å². The van der Waals surface area contributed by atoms with Gasteiger partial charge in [0.2, 0.25) is 0 Å². The number of nitrogens with zero attached hydrogens (tertiary/aromatic N) is 3. The number of hydrogen-bond acceptors (Lipinski definition) is 3. The molecule has 0 spiro atoms. The fraction of sp³-hybridized carbons (Fsp3) is 0.286. The molecule has 1 unspecified atom stereocenters. The van der Waals surface area contributed by atoms with Gasteiger partial charge >= 0.3 is 0 Å². The molecule has 3 heterocycles. The summed E-state index contributed by atoms with van der Waals surface area (Å²) in [5.74, 6) is 2.72. The Kier molecular flexibility index (Phi) is 4.23. The highest BCUT2D eigenvalue weighted by atomic mass is 19.3. The van der Waals surface area contributed by atoms with Crippen LogP contribution >= 0.6 is 0 Å². The molecule has 0 fully saturated rings. The Balaban J connectivity index is 1.78. The van der Waals surface area contributed by atoms with Gasteiger partial charge in [-0.25, -0.2) is 18.7 Å². The number of halogens is 2. The molecule has 0 saturated heterocycles. The molecule has 4 rings (SSSR count). The summed E-state index contributed by atoms with van der Waals surface area (Å²) in [5, 5.41) is 0.417. The first-order valence-corrected chi connectivity index (χ1v) is 8.78. The van der Waals surface area contributed by atoms with Gasteiger partial charge in [-0.05, 0) is 36.3 Å². The molecule has 1 aliphatic rings. The lowest BCUT2D eigenvalue weighted by molar-refractivity contribution is -0.0571. The molecule has 0 N–H and O–H groups in total. The number of benzene rings is 1. The summed E-state index contributed by atoms with van der Waals surface area (Å²) in [6.45, 7) is 1.48. The number of aromatic nitrogens is 3. The molecule has 4 nitrogen and oxygen atoms in total. The van der Waals surface area contributed by atoms with Gasteiger partial charge in [0.05, 0.1) is 10.9 Å². The van der Waals surface area contributed by atoms with E-state index in [2.05, 4.69) is 21.8 Å². The van der Waals surface area contributed by atoms with Gasteiger partial charge in [0, 0.05) is 37.1 Å². The second-order valence-electron chi connectivity index (χ2n) is 6.80. The third kappa shape index (κ3) is 3.33. The lowest BCUT2D eigenvalue weighted by atomic mass is 9.98. The maximum atomic E-state index is 14.1. The van der Waals surface area contributed by atoms with Crippen molar-refractivity contribution in [1.82, 2.24) is 14.5 Å². The van der Waals surface area contributed by atoms with Gasteiger partial charge in [-0.1, -0.05) is 18.9 Å². The highest BCUT2D eigenvalue weighted by molar-refractivity contribution is 5.79. The summed E-state index contributed by atoms with van der Waals surface area (Å²) < 4.78 is 29.5. The summed E-state index contributed by atoms with van der Waals surface area (Å²) in [7, 11) is 0. The van der Waals surface area contributed by atoms with E-state index in [-0.39, 0.29) is 24.9 Å². The van der Waals surface area contributed by atoms with Crippen LogP contribution in [0.25, 0.3) is 10.9 Å². The first-order valence-electron chi connectivity index (χ1n) is 8.78. The van der Waals surface area contributed by atoms with Crippen LogP contribution in [0.3, 0.4) is 0 Å². The van der Waals surface area contributed by atoms with Gasteiger partial charge in [-0.3, -0.25) is 9.36 Å². The van der Waals surface area contributed by atoms with Crippen LogP contribution in [0.1, 0.15) is 30.4 Å². The minimum atomic E-state index is -2.80. The zero-order valence-electron chi connectivity index (χ0n) is 14.7. The number of pyridine rings is 1. The second kappa shape index (κ2) is 6.58. The highest BCUT2D eigenvalue weighted by Gasteiger charge is 2.39. The molecule has 0 aliphatic carbocycles. The molecular formula is C21H17F2N3O. The minimum Gasteiger partial charge on any atom is -0.296 e. The van der Waals surface area contributed by atoms with Crippen molar-refractivity contribution >= 4 is 10.9 Å². The van der Waals surface area contributed by atoms with Crippen LogP contribution in [0.15, 0.2) is 47.4 Å². The van der Waals surface area contributed by atoms with Crippen LogP contribution in [-0.2, 0) is 13.0 Å². The lowest BCUT2D eigenvalue weighted by Gasteiger charge is -2.19. The minimum absolute atomic E-state index is 0.0182. The van der Waals surface area contributed by atoms with E-state index in [0.717, 1.165) is 0 Å². The van der Waals surface area contributed by atoms with Crippen molar-refractivity contribution in [3.63, 3.8) is 0 Å². The zero-order chi connectivity index (χ0) is 19.0. The maximum absolute atomic E-state index is 14.1. The predicted octanol–water partition coefficient (Wildman–Crippen LogP) is 3.41. The van der Waals surface area contributed by atoms with Gasteiger partial charge in [0.1, 0.15) is 11.5 Å². The van der Waals surface area contributed by atoms with Crippen LogP contribution < -0.4 is 5.56 Å². The molecule has 0 saturated carbocycles. The van der Waals surface area contributed by atoms with Crippen molar-refractivity contribution in [2.24, 2.45) is 5.92 Å². The Labute approximate surface area is 154 Å². The number of hydrogen-bond donors (Lipinski definition) is 0. The summed E-state index contributed by atoms with van der Waals surface area (Å²) in [4.78, 5) is 21.4. The molecule has 2 aromatic heterocycles. The van der Waals surface area contributed by atoms with E-state index in [0.29, 0.717) is 28.0 Å². The predicted molar refractivity (Wildman–Crippen MR) is 98.7 cm³/mol. The van der Waals surface area contributed by atoms with E-state index in [4.69, 9.17) is 0 Å². The van der Waals surface area contributed by atoms with E-state index in [1.54, 1.807) is 30.5 Å². The maximum Gasteiger partial charge on any atom is 0.261 e. The molecule has 1 atom stereocenters. The average molecular weight is 365 g/mol. The molecule has 0 bridgehead atoms. The van der Waals surface area contributed by atoms with Crippen LogP contribution in [0.2, 0.25) is 0 Å². The summed E-state index contributed by atoms with van der Waals surface area (Å²) >= 11 is 0. The van der Waals surface area contributed by atoms with Crippen molar-refractivity contribution < 1.29 is 8.78 Å². The van der Waals surface area contributed by atoms with Gasteiger partial charge in [0.15, 0.2) is 0 Å². The summed E-state index contributed by atoms with van der Waals surface area (Å²) in [6.07, 6.45) is 1.39. The second-order valence-corrected chi connectivity index (χ2v) is 6.80. The number of rotatable bonds is 0. The van der Waals surface area contributed by atoms with Gasteiger partial charge < -0.3 is 0 Å². The topological polar surface area (TPSA) is 47.8 Å². The smallest absolute Gasteiger partial charge is 0.261 e. The Morgan fingerprint density at radius 3 is 2.85 bits per heavy atom. The normalized spacial score (nSPS) is 18.3. The molecule has 1 aromatic carbocycles. The van der Waals surface area contributed by atoms with Gasteiger partial charge in [-0.2, -0.15) is 0 Å². The van der Waals surface area contributed by atoms with E-state index >= 15 is 0 Å². The third-order valence-corrected chi connectivity index (χ3v) is 4.91. The van der Waals surface area contributed by atoms with Crippen molar-refractivity contribution in [1.29, 1.82) is 0 Å². The van der Waals surface area contributed by atoms with E-state index in [1.807, 2.05) is 12.1 Å². The SMILES string of the molecule is CC1Cc2nc3cc(C#Cc4ccccn4)ccc3c(=O)n2CCC1(F)F. The van der Waals surface area contributed by atoms with Crippen LogP contribution in [0.4, 0.5) is 8.78 Å². The van der Waals surface area contributed by atoms with Crippen molar-refractivity contribution in [2.75, 3.05) is 0 Å². The molecule has 0 amide bonds. The van der Waals surface area contributed by atoms with E-state index in [1.165, 1.54) is 11.5 Å². The molecule has 3 aromatic rings. The molecule has 27 heavy (non-hydrogen) atoms. The van der Waals surface area contributed by atoms with Gasteiger partial charge in [0.25, 0.3) is 11.5 Å². The zero-order valence-corrected chi connectivity index (χ0v) is 14.7. The van der Waals surface area contributed by atoms with Crippen molar-refractivity contribution in [3.8, 4) is 11.8 Å². The summed E-state index contributed by atoms with van der Waals surface area (Å²) in [5.41, 5.74) is 1.54. The molecule has 0 radical (unpaired) electrons. The fourth-order valence-corrected chi connectivity index (χ4v) is 3.23. The molecule has 136 valence electrons. The molecule has 1 aliphatic heterocycles. The molecule has 6 heteroatoms. The quantitative estimate of drug-likeness (QED) is 0.574. The number of fused-ring (bicyclic) bond motifs is 2. The van der Waals surface area contributed by atoms with Crippen LogP contribution in [0.5, 0.6) is 0 Å². The van der Waals surface area contributed by atoms with Gasteiger partial charge in [-0.15, -0.1) is 0 Å². The largest absolute Gasteiger partial charge is 0.296 e. The first-order chi connectivity index (χ1) is 12.9. The Bertz CT molecular complexity index is 1130. The Morgan fingerprint density at radius 1 is 1.22 bits per heavy atom. The fourth-order valence-electron chi connectivity index (χ4n) is 3.23. The Morgan fingerprint density at radius 2 is 2.07 bits per heavy atom. The monoisotopic (exact) mass is 365 g/mol. The molecular weight excluding hydrogens is 348 g/mol. The van der Waals surface area contributed by atoms with E-state index < -0.39 is 11.8 Å². The average Bonchev–Trinajstić information content (AvgIpc) is 2.77. The Hall–Kier alpha value is -3.07. The first kappa shape index (κ1) is 17.3. The van der Waals surface area contributed by atoms with Crippen molar-refractivity contribution in [2.45, 2.75) is 32.2 Å².